The van der Waals surface area contributed by atoms with Crippen LogP contribution in [0.3, 0.4) is 0 Å². The lowest BCUT2D eigenvalue weighted by Crippen LogP contribution is -2.53. The fourth-order valence-corrected chi connectivity index (χ4v) is 4.17. The SMILES string of the molecule is CC(C)C(C(=O)NS(=O)(=O)c1ccc(Cl)cc1)N1C(=O)c2ccccc2C1=O. The van der Waals surface area contributed by atoms with E-state index in [2.05, 4.69) is 0 Å². The van der Waals surface area contributed by atoms with Crippen LogP contribution in [0.25, 0.3) is 0 Å². The molecule has 1 unspecified atom stereocenters. The summed E-state index contributed by atoms with van der Waals surface area (Å²) in [5, 5.41) is 0.344. The largest absolute Gasteiger partial charge is 0.272 e. The molecule has 0 aromatic heterocycles. The van der Waals surface area contributed by atoms with Gasteiger partial charge >= 0.3 is 0 Å². The molecule has 146 valence electrons. The fourth-order valence-electron chi connectivity index (χ4n) is 3.04. The van der Waals surface area contributed by atoms with E-state index in [0.717, 1.165) is 4.90 Å². The first kappa shape index (κ1) is 20.0. The van der Waals surface area contributed by atoms with Crippen LogP contribution in [-0.2, 0) is 14.8 Å². The number of nitrogens with one attached hydrogen (secondary N) is 1. The second-order valence-electron chi connectivity index (χ2n) is 6.64. The van der Waals surface area contributed by atoms with Gasteiger partial charge in [0.1, 0.15) is 6.04 Å². The number of imide groups is 1. The second kappa shape index (κ2) is 7.37. The summed E-state index contributed by atoms with van der Waals surface area (Å²) in [7, 11) is -4.19. The Hall–Kier alpha value is -2.71. The Morgan fingerprint density at radius 2 is 1.46 bits per heavy atom. The molecule has 1 atom stereocenters. The molecule has 3 amide bonds. The van der Waals surface area contributed by atoms with Crippen molar-refractivity contribution in [2.24, 2.45) is 5.92 Å². The van der Waals surface area contributed by atoms with Gasteiger partial charge in [0.25, 0.3) is 27.7 Å². The molecule has 9 heteroatoms. The molecule has 0 bridgehead atoms. The number of benzene rings is 2. The summed E-state index contributed by atoms with van der Waals surface area (Å²) in [5.41, 5.74) is 0.373. The van der Waals surface area contributed by atoms with Crippen LogP contribution in [-0.4, -0.2) is 37.1 Å². The van der Waals surface area contributed by atoms with Crippen LogP contribution < -0.4 is 4.72 Å². The Balaban J connectivity index is 1.91. The number of nitrogens with zero attached hydrogens (tertiary/aromatic N) is 1. The van der Waals surface area contributed by atoms with Gasteiger partial charge in [0, 0.05) is 5.02 Å². The molecule has 2 aromatic rings. The molecule has 0 saturated carbocycles. The molecule has 0 spiro atoms. The summed E-state index contributed by atoms with van der Waals surface area (Å²) in [5.74, 6) is -2.72. The molecular weight excluding hydrogens is 404 g/mol. The quantitative estimate of drug-likeness (QED) is 0.749. The topological polar surface area (TPSA) is 101 Å². The number of sulfonamides is 1. The zero-order chi connectivity index (χ0) is 20.6. The Morgan fingerprint density at radius 3 is 1.93 bits per heavy atom. The van der Waals surface area contributed by atoms with Crippen LogP contribution in [0.4, 0.5) is 0 Å². The molecule has 0 saturated heterocycles. The minimum atomic E-state index is -4.19. The van der Waals surface area contributed by atoms with E-state index in [4.69, 9.17) is 11.6 Å². The Morgan fingerprint density at radius 1 is 0.964 bits per heavy atom. The maximum atomic E-state index is 12.8. The highest BCUT2D eigenvalue weighted by molar-refractivity contribution is 7.90. The first-order valence-electron chi connectivity index (χ1n) is 8.42. The van der Waals surface area contributed by atoms with Crippen molar-refractivity contribution in [1.29, 1.82) is 0 Å². The summed E-state index contributed by atoms with van der Waals surface area (Å²) in [6.07, 6.45) is 0. The van der Waals surface area contributed by atoms with E-state index in [0.29, 0.717) is 5.02 Å². The smallest absolute Gasteiger partial charge is 0.264 e. The monoisotopic (exact) mass is 420 g/mol. The van der Waals surface area contributed by atoms with Gasteiger partial charge in [0.2, 0.25) is 0 Å². The zero-order valence-corrected chi connectivity index (χ0v) is 16.6. The van der Waals surface area contributed by atoms with Gasteiger partial charge in [0.15, 0.2) is 0 Å². The van der Waals surface area contributed by atoms with Crippen LogP contribution >= 0.6 is 11.6 Å². The number of halogens is 1. The van der Waals surface area contributed by atoms with Crippen molar-refractivity contribution < 1.29 is 22.8 Å². The lowest BCUT2D eigenvalue weighted by Gasteiger charge is -2.28. The molecule has 0 fully saturated rings. The molecule has 1 aliphatic heterocycles. The van der Waals surface area contributed by atoms with E-state index in [1.54, 1.807) is 26.0 Å². The second-order valence-corrected chi connectivity index (χ2v) is 8.76. The molecule has 1 N–H and O–H groups in total. The number of hydrogen-bond acceptors (Lipinski definition) is 5. The molecule has 3 rings (SSSR count). The van der Waals surface area contributed by atoms with Crippen molar-refractivity contribution in [2.75, 3.05) is 0 Å². The number of fused-ring (bicyclic) bond motifs is 1. The lowest BCUT2D eigenvalue weighted by molar-refractivity contribution is -0.124. The van der Waals surface area contributed by atoms with E-state index < -0.39 is 39.7 Å². The Labute approximate surface area is 167 Å². The number of rotatable bonds is 5. The Bertz CT molecular complexity index is 1030. The zero-order valence-electron chi connectivity index (χ0n) is 15.0. The van der Waals surface area contributed by atoms with Crippen molar-refractivity contribution in [3.8, 4) is 0 Å². The van der Waals surface area contributed by atoms with E-state index >= 15 is 0 Å². The average Bonchev–Trinajstić information content (AvgIpc) is 2.87. The maximum absolute atomic E-state index is 12.8. The minimum Gasteiger partial charge on any atom is -0.272 e. The Kier molecular flexibility index (Phi) is 5.27. The third kappa shape index (κ3) is 3.53. The van der Waals surface area contributed by atoms with Crippen molar-refractivity contribution >= 4 is 39.3 Å². The molecule has 0 aliphatic carbocycles. The van der Waals surface area contributed by atoms with Crippen LogP contribution in [0.15, 0.2) is 53.4 Å². The molecule has 28 heavy (non-hydrogen) atoms. The normalized spacial score (nSPS) is 14.9. The average molecular weight is 421 g/mol. The molecule has 1 aliphatic rings. The lowest BCUT2D eigenvalue weighted by atomic mass is 10.0. The maximum Gasteiger partial charge on any atom is 0.264 e. The number of hydrogen-bond donors (Lipinski definition) is 1. The van der Waals surface area contributed by atoms with Crippen LogP contribution in [0.2, 0.25) is 5.02 Å². The summed E-state index contributed by atoms with van der Waals surface area (Å²) in [4.78, 5) is 38.9. The van der Waals surface area contributed by atoms with Gasteiger partial charge in [-0.15, -0.1) is 0 Å². The van der Waals surface area contributed by atoms with Crippen molar-refractivity contribution in [1.82, 2.24) is 9.62 Å². The molecule has 0 radical (unpaired) electrons. The van der Waals surface area contributed by atoms with E-state index in [-0.39, 0.29) is 16.0 Å². The van der Waals surface area contributed by atoms with Crippen molar-refractivity contribution in [3.63, 3.8) is 0 Å². The molecule has 2 aromatic carbocycles. The summed E-state index contributed by atoms with van der Waals surface area (Å²) in [6, 6.07) is 10.2. The summed E-state index contributed by atoms with van der Waals surface area (Å²) >= 11 is 5.76. The van der Waals surface area contributed by atoms with E-state index in [9.17, 15) is 22.8 Å². The summed E-state index contributed by atoms with van der Waals surface area (Å²) in [6.45, 7) is 3.26. The highest BCUT2D eigenvalue weighted by Crippen LogP contribution is 2.27. The molecular formula is C19H17ClN2O5S. The first-order chi connectivity index (χ1) is 13.1. The number of amides is 3. The highest BCUT2D eigenvalue weighted by atomic mass is 35.5. The van der Waals surface area contributed by atoms with Crippen LogP contribution in [0, 0.1) is 5.92 Å². The van der Waals surface area contributed by atoms with Crippen molar-refractivity contribution in [3.05, 3.63) is 64.7 Å². The van der Waals surface area contributed by atoms with Gasteiger partial charge in [-0.2, -0.15) is 0 Å². The van der Waals surface area contributed by atoms with Gasteiger partial charge < -0.3 is 0 Å². The predicted molar refractivity (Wildman–Crippen MR) is 102 cm³/mol. The third-order valence-electron chi connectivity index (χ3n) is 4.36. The van der Waals surface area contributed by atoms with Gasteiger partial charge in [0.05, 0.1) is 16.0 Å². The van der Waals surface area contributed by atoms with Gasteiger partial charge in [-0.05, 0) is 42.3 Å². The number of carbonyl (C=O) groups excluding carboxylic acids is 3. The minimum absolute atomic E-state index is 0.157. The van der Waals surface area contributed by atoms with Crippen LogP contribution in [0.5, 0.6) is 0 Å². The number of carbonyl (C=O) groups is 3. The fraction of sp³-hybridized carbons (Fsp3) is 0.211. The molecule has 7 nitrogen and oxygen atoms in total. The molecule has 1 heterocycles. The highest BCUT2D eigenvalue weighted by Gasteiger charge is 2.44. The van der Waals surface area contributed by atoms with Crippen LogP contribution in [0.1, 0.15) is 34.6 Å². The van der Waals surface area contributed by atoms with Crippen molar-refractivity contribution in [2.45, 2.75) is 24.8 Å². The first-order valence-corrected chi connectivity index (χ1v) is 10.3. The standard InChI is InChI=1S/C19H17ClN2O5S/c1-11(2)16(22-18(24)14-5-3-4-6-15(14)19(22)25)17(23)21-28(26,27)13-9-7-12(20)8-10-13/h3-11,16H,1-2H3,(H,21,23). The van der Waals surface area contributed by atoms with Gasteiger partial charge in [-0.3, -0.25) is 19.3 Å². The van der Waals surface area contributed by atoms with E-state index in [1.807, 2.05) is 4.72 Å². The third-order valence-corrected chi connectivity index (χ3v) is 5.98. The van der Waals surface area contributed by atoms with Gasteiger partial charge in [-0.1, -0.05) is 37.6 Å². The summed E-state index contributed by atoms with van der Waals surface area (Å²) < 4.78 is 27.0. The van der Waals surface area contributed by atoms with E-state index in [1.165, 1.54) is 36.4 Å². The predicted octanol–water partition coefficient (Wildman–Crippen LogP) is 2.47. The van der Waals surface area contributed by atoms with Gasteiger partial charge in [-0.25, -0.2) is 13.1 Å².